The number of nitrogens with zero attached hydrogens (tertiary/aromatic N) is 1. The topological polar surface area (TPSA) is 41.3 Å². The van der Waals surface area contributed by atoms with Crippen molar-refractivity contribution in [3.8, 4) is 0 Å². The molecule has 56 valence electrons. The normalized spacial score (nSPS) is 18.0. The van der Waals surface area contributed by atoms with Crippen LogP contribution in [0, 0.1) is 0 Å². The smallest absolute Gasteiger partial charge is 0.0335 e. The molecule has 0 aromatic heterocycles. The number of nitrogens with two attached hydrogens (primary N) is 1. The van der Waals surface area contributed by atoms with E-state index in [4.69, 9.17) is 5.73 Å². The summed E-state index contributed by atoms with van der Waals surface area (Å²) in [5, 5.41) is 1.91. The molecule has 0 saturated heterocycles. The van der Waals surface area contributed by atoms with Crippen LogP contribution in [0.1, 0.15) is 13.8 Å². The van der Waals surface area contributed by atoms with E-state index in [2.05, 4.69) is 12.3 Å². The van der Waals surface area contributed by atoms with Gasteiger partial charge in [0.25, 0.3) is 0 Å². The van der Waals surface area contributed by atoms with Crippen molar-refractivity contribution in [1.82, 2.24) is 10.4 Å². The van der Waals surface area contributed by atoms with E-state index in [-0.39, 0.29) is 6.04 Å². The molecule has 0 radical (unpaired) electrons. The first-order valence-electron chi connectivity index (χ1n) is 3.23. The number of nitrogens with one attached hydrogen (secondary N) is 1. The Morgan fingerprint density at radius 2 is 1.78 bits per heavy atom. The lowest BCUT2D eigenvalue weighted by molar-refractivity contribution is 0.235. The van der Waals surface area contributed by atoms with E-state index in [1.165, 1.54) is 0 Å². The summed E-state index contributed by atoms with van der Waals surface area (Å²) < 4.78 is 0. The van der Waals surface area contributed by atoms with Gasteiger partial charge in [0.2, 0.25) is 0 Å². The molecule has 0 aliphatic heterocycles. The van der Waals surface area contributed by atoms with Crippen LogP contribution in [0.3, 0.4) is 0 Å². The molecule has 0 rings (SSSR count). The zero-order chi connectivity index (χ0) is 7.44. The maximum Gasteiger partial charge on any atom is 0.0335 e. The average Bonchev–Trinajstić information content (AvgIpc) is 1.63. The largest absolute Gasteiger partial charge is 0.327 e. The van der Waals surface area contributed by atoms with Gasteiger partial charge in [-0.3, -0.25) is 10.4 Å². The van der Waals surface area contributed by atoms with Crippen molar-refractivity contribution in [1.29, 1.82) is 0 Å². The standard InChI is InChI=1S/C6H17N3/c1-5(7)6(2)8-9(3)4/h5-6,8H,7H2,1-4H3. The van der Waals surface area contributed by atoms with Crippen LogP contribution in [0.2, 0.25) is 0 Å². The van der Waals surface area contributed by atoms with Gasteiger partial charge in [-0.2, -0.15) is 0 Å². The van der Waals surface area contributed by atoms with E-state index in [0.717, 1.165) is 0 Å². The Kier molecular flexibility index (Phi) is 3.77. The molecule has 0 bridgehead atoms. The van der Waals surface area contributed by atoms with Crippen LogP contribution in [0.15, 0.2) is 0 Å². The van der Waals surface area contributed by atoms with Gasteiger partial charge < -0.3 is 5.73 Å². The Hall–Kier alpha value is -0.120. The first-order valence-corrected chi connectivity index (χ1v) is 3.23. The van der Waals surface area contributed by atoms with Crippen molar-refractivity contribution in [2.75, 3.05) is 14.1 Å². The minimum atomic E-state index is 0.201. The van der Waals surface area contributed by atoms with E-state index >= 15 is 0 Å². The van der Waals surface area contributed by atoms with Crippen molar-refractivity contribution in [3.63, 3.8) is 0 Å². The molecule has 9 heavy (non-hydrogen) atoms. The minimum Gasteiger partial charge on any atom is -0.327 e. The van der Waals surface area contributed by atoms with Gasteiger partial charge in [-0.25, -0.2) is 0 Å². The summed E-state index contributed by atoms with van der Waals surface area (Å²) in [4.78, 5) is 0. The van der Waals surface area contributed by atoms with E-state index in [0.29, 0.717) is 6.04 Å². The fourth-order valence-electron chi connectivity index (χ4n) is 0.525. The minimum absolute atomic E-state index is 0.201. The monoisotopic (exact) mass is 131 g/mol. The first kappa shape index (κ1) is 8.88. The van der Waals surface area contributed by atoms with Gasteiger partial charge in [0.15, 0.2) is 0 Å². The highest BCUT2D eigenvalue weighted by atomic mass is 15.5. The molecule has 0 heterocycles. The van der Waals surface area contributed by atoms with Crippen LogP contribution >= 0.6 is 0 Å². The molecule has 0 spiro atoms. The van der Waals surface area contributed by atoms with Gasteiger partial charge in [0.05, 0.1) is 0 Å². The average molecular weight is 131 g/mol. The van der Waals surface area contributed by atoms with Gasteiger partial charge >= 0.3 is 0 Å². The van der Waals surface area contributed by atoms with Crippen molar-refractivity contribution >= 4 is 0 Å². The fourth-order valence-corrected chi connectivity index (χ4v) is 0.525. The maximum absolute atomic E-state index is 5.60. The Morgan fingerprint density at radius 3 is 1.89 bits per heavy atom. The zero-order valence-electron chi connectivity index (χ0n) is 6.68. The van der Waals surface area contributed by atoms with E-state index in [9.17, 15) is 0 Å². The molecule has 3 N–H and O–H groups in total. The highest BCUT2D eigenvalue weighted by Gasteiger charge is 2.05. The molecule has 0 fully saturated rings. The molecular formula is C6H17N3. The zero-order valence-corrected chi connectivity index (χ0v) is 6.68. The third kappa shape index (κ3) is 4.39. The lowest BCUT2D eigenvalue weighted by atomic mass is 10.2. The summed E-state index contributed by atoms with van der Waals surface area (Å²) in [6, 6.07) is 0.549. The second-order valence-electron chi connectivity index (χ2n) is 2.67. The maximum atomic E-state index is 5.60. The van der Waals surface area contributed by atoms with Crippen LogP contribution in [0.4, 0.5) is 0 Å². The number of hydrazine groups is 1. The van der Waals surface area contributed by atoms with Crippen molar-refractivity contribution in [3.05, 3.63) is 0 Å². The molecule has 0 aromatic carbocycles. The van der Waals surface area contributed by atoms with Gasteiger partial charge in [0.1, 0.15) is 0 Å². The molecule has 3 nitrogen and oxygen atoms in total. The Morgan fingerprint density at radius 1 is 1.33 bits per heavy atom. The van der Waals surface area contributed by atoms with Crippen LogP contribution < -0.4 is 11.2 Å². The summed E-state index contributed by atoms with van der Waals surface area (Å²) in [7, 11) is 3.91. The predicted molar refractivity (Wildman–Crippen MR) is 39.9 cm³/mol. The Bertz CT molecular complexity index is 70.7. The van der Waals surface area contributed by atoms with E-state index in [1.54, 1.807) is 0 Å². The van der Waals surface area contributed by atoms with Crippen LogP contribution in [-0.2, 0) is 0 Å². The third-order valence-corrected chi connectivity index (χ3v) is 1.25. The van der Waals surface area contributed by atoms with Crippen LogP contribution in [0.25, 0.3) is 0 Å². The quantitative estimate of drug-likeness (QED) is 0.521. The van der Waals surface area contributed by atoms with Crippen molar-refractivity contribution < 1.29 is 0 Å². The summed E-state index contributed by atoms with van der Waals surface area (Å²) in [6.07, 6.45) is 0. The molecule has 0 aromatic rings. The highest BCUT2D eigenvalue weighted by molar-refractivity contribution is 4.67. The van der Waals surface area contributed by atoms with Crippen molar-refractivity contribution in [2.24, 2.45) is 5.73 Å². The summed E-state index contributed by atoms with van der Waals surface area (Å²) in [5.74, 6) is 0. The Balaban J connectivity index is 3.38. The molecule has 0 amide bonds. The van der Waals surface area contributed by atoms with Crippen molar-refractivity contribution in [2.45, 2.75) is 25.9 Å². The second kappa shape index (κ2) is 3.82. The van der Waals surface area contributed by atoms with Gasteiger partial charge in [-0.1, -0.05) is 0 Å². The van der Waals surface area contributed by atoms with Gasteiger partial charge in [0, 0.05) is 26.2 Å². The SMILES string of the molecule is CC(N)C(C)NN(C)C. The summed E-state index contributed by atoms with van der Waals surface area (Å²) >= 11 is 0. The summed E-state index contributed by atoms with van der Waals surface area (Å²) in [5.41, 5.74) is 8.75. The molecule has 0 saturated carbocycles. The molecule has 0 aliphatic rings. The first-order chi connectivity index (χ1) is 4.04. The summed E-state index contributed by atoms with van der Waals surface area (Å²) in [6.45, 7) is 4.05. The lowest BCUT2D eigenvalue weighted by Gasteiger charge is -2.21. The van der Waals surface area contributed by atoms with Gasteiger partial charge in [-0.15, -0.1) is 0 Å². The Labute approximate surface area is 57.2 Å². The van der Waals surface area contributed by atoms with E-state index in [1.807, 2.05) is 26.0 Å². The van der Waals surface area contributed by atoms with Gasteiger partial charge in [-0.05, 0) is 13.8 Å². The number of rotatable bonds is 3. The van der Waals surface area contributed by atoms with Crippen LogP contribution in [-0.4, -0.2) is 31.2 Å². The highest BCUT2D eigenvalue weighted by Crippen LogP contribution is 1.86. The molecule has 3 heteroatoms. The fraction of sp³-hybridized carbons (Fsp3) is 1.00. The molecular weight excluding hydrogens is 114 g/mol. The lowest BCUT2D eigenvalue weighted by Crippen LogP contribution is -2.47. The van der Waals surface area contributed by atoms with Crippen LogP contribution in [0.5, 0.6) is 0 Å². The van der Waals surface area contributed by atoms with E-state index < -0.39 is 0 Å². The predicted octanol–water partition coefficient (Wildman–Crippen LogP) is -0.212. The second-order valence-corrected chi connectivity index (χ2v) is 2.67. The number of hydrogen-bond acceptors (Lipinski definition) is 3. The number of hydrogen-bond donors (Lipinski definition) is 2. The molecule has 2 unspecified atom stereocenters. The third-order valence-electron chi connectivity index (χ3n) is 1.25. The molecule has 2 atom stereocenters. The molecule has 0 aliphatic carbocycles.